The van der Waals surface area contributed by atoms with E-state index in [1.54, 1.807) is 25.9 Å². The van der Waals surface area contributed by atoms with Gasteiger partial charge in [0.05, 0.1) is 13.2 Å². The number of halogens is 1. The maximum absolute atomic E-state index is 13.0. The maximum Gasteiger partial charge on any atom is 0.325 e. The molecule has 3 rings (SSSR count). The molecular formula is C18H25ClN4O4. The van der Waals surface area contributed by atoms with E-state index in [1.165, 1.54) is 4.90 Å². The summed E-state index contributed by atoms with van der Waals surface area (Å²) in [6.07, 6.45) is 0. The highest BCUT2D eigenvalue weighted by molar-refractivity contribution is 6.07. The van der Waals surface area contributed by atoms with Crippen molar-refractivity contribution < 1.29 is 19.1 Å². The van der Waals surface area contributed by atoms with Crippen LogP contribution in [-0.2, 0) is 9.59 Å². The van der Waals surface area contributed by atoms with E-state index < -0.39 is 17.5 Å². The lowest BCUT2D eigenvalue weighted by molar-refractivity contribution is -0.136. The zero-order chi connectivity index (χ0) is 18.9. The van der Waals surface area contributed by atoms with Crippen molar-refractivity contribution >= 4 is 30.3 Å². The quantitative estimate of drug-likeness (QED) is 0.738. The minimum Gasteiger partial charge on any atom is -0.496 e. The van der Waals surface area contributed by atoms with Crippen LogP contribution in [0, 0.1) is 0 Å². The Morgan fingerprint density at radius 2 is 2.00 bits per heavy atom. The van der Waals surface area contributed by atoms with Gasteiger partial charge in [-0.2, -0.15) is 0 Å². The second-order valence-electron chi connectivity index (χ2n) is 6.95. The van der Waals surface area contributed by atoms with Crippen molar-refractivity contribution in [1.82, 2.24) is 20.4 Å². The van der Waals surface area contributed by atoms with Crippen LogP contribution in [0.5, 0.6) is 5.75 Å². The van der Waals surface area contributed by atoms with Crippen LogP contribution in [0.25, 0.3) is 0 Å². The molecule has 2 heterocycles. The average Bonchev–Trinajstić information content (AvgIpc) is 2.83. The third-order valence-electron chi connectivity index (χ3n) is 5.05. The number of rotatable bonds is 4. The molecule has 0 bridgehead atoms. The number of hydrogen-bond acceptors (Lipinski definition) is 5. The monoisotopic (exact) mass is 396 g/mol. The second kappa shape index (κ2) is 8.14. The van der Waals surface area contributed by atoms with Crippen LogP contribution in [0.2, 0.25) is 0 Å². The first-order chi connectivity index (χ1) is 12.4. The van der Waals surface area contributed by atoms with Gasteiger partial charge in [0.25, 0.3) is 5.91 Å². The summed E-state index contributed by atoms with van der Waals surface area (Å²) < 4.78 is 5.44. The van der Waals surface area contributed by atoms with Gasteiger partial charge in [-0.05, 0) is 19.9 Å². The lowest BCUT2D eigenvalue weighted by Gasteiger charge is -2.38. The number of carbonyl (C=O) groups is 3. The Bertz CT molecular complexity index is 740. The summed E-state index contributed by atoms with van der Waals surface area (Å²) in [6, 6.07) is 6.86. The minimum atomic E-state index is -1.04. The topological polar surface area (TPSA) is 91.0 Å². The van der Waals surface area contributed by atoms with E-state index in [1.807, 2.05) is 24.3 Å². The Kier molecular flexibility index (Phi) is 6.33. The molecule has 2 aliphatic heterocycles. The van der Waals surface area contributed by atoms with Crippen LogP contribution in [-0.4, -0.2) is 66.5 Å². The summed E-state index contributed by atoms with van der Waals surface area (Å²) in [4.78, 5) is 40.0. The van der Waals surface area contributed by atoms with Gasteiger partial charge < -0.3 is 19.9 Å². The molecule has 1 unspecified atom stereocenters. The fourth-order valence-corrected chi connectivity index (χ4v) is 3.41. The molecule has 0 aromatic heterocycles. The summed E-state index contributed by atoms with van der Waals surface area (Å²) in [5.41, 5.74) is -0.127. The van der Waals surface area contributed by atoms with Gasteiger partial charge in [-0.15, -0.1) is 12.4 Å². The molecular weight excluding hydrogens is 372 g/mol. The fourth-order valence-electron chi connectivity index (χ4n) is 3.41. The molecule has 2 N–H and O–H groups in total. The van der Waals surface area contributed by atoms with Crippen LogP contribution in [0.3, 0.4) is 0 Å². The SMILES string of the molecule is COc1ccccc1C1CNCCN1C(=O)CN1C(=O)NC(=O)C1(C)C.Cl. The Balaban J connectivity index is 0.00000261. The smallest absolute Gasteiger partial charge is 0.325 e. The summed E-state index contributed by atoms with van der Waals surface area (Å²) in [6.45, 7) is 4.92. The lowest BCUT2D eigenvalue weighted by atomic mass is 10.0. The first kappa shape index (κ1) is 21.0. The van der Waals surface area contributed by atoms with Crippen LogP contribution in [0.1, 0.15) is 25.5 Å². The van der Waals surface area contributed by atoms with Gasteiger partial charge in [-0.1, -0.05) is 18.2 Å². The van der Waals surface area contributed by atoms with Crippen LogP contribution in [0.15, 0.2) is 24.3 Å². The normalized spacial score (nSPS) is 21.5. The summed E-state index contributed by atoms with van der Waals surface area (Å²) >= 11 is 0. The molecule has 1 aromatic rings. The zero-order valence-electron chi connectivity index (χ0n) is 15.7. The van der Waals surface area contributed by atoms with Crippen LogP contribution >= 0.6 is 12.4 Å². The molecule has 8 nitrogen and oxygen atoms in total. The largest absolute Gasteiger partial charge is 0.496 e. The molecule has 0 aliphatic carbocycles. The summed E-state index contributed by atoms with van der Waals surface area (Å²) in [7, 11) is 1.60. The molecule has 1 atom stereocenters. The number of imide groups is 1. The molecule has 148 valence electrons. The van der Waals surface area contributed by atoms with Crippen molar-refractivity contribution in [1.29, 1.82) is 0 Å². The third-order valence-corrected chi connectivity index (χ3v) is 5.05. The summed E-state index contributed by atoms with van der Waals surface area (Å²) in [5.74, 6) is 0.130. The highest BCUT2D eigenvalue weighted by Crippen LogP contribution is 2.31. The molecule has 1 aromatic carbocycles. The van der Waals surface area contributed by atoms with Crippen molar-refractivity contribution in [2.75, 3.05) is 33.3 Å². The predicted molar refractivity (Wildman–Crippen MR) is 102 cm³/mol. The minimum absolute atomic E-state index is 0. The van der Waals surface area contributed by atoms with Gasteiger partial charge in [0.15, 0.2) is 0 Å². The first-order valence-corrected chi connectivity index (χ1v) is 8.62. The summed E-state index contributed by atoms with van der Waals surface area (Å²) in [5, 5.41) is 5.57. The van der Waals surface area contributed by atoms with E-state index in [-0.39, 0.29) is 30.9 Å². The van der Waals surface area contributed by atoms with E-state index in [0.717, 1.165) is 5.56 Å². The molecule has 2 aliphatic rings. The number of amides is 4. The van der Waals surface area contributed by atoms with Crippen molar-refractivity contribution in [3.05, 3.63) is 29.8 Å². The molecule has 2 fully saturated rings. The molecule has 27 heavy (non-hydrogen) atoms. The Morgan fingerprint density at radius 1 is 1.30 bits per heavy atom. The number of piperazine rings is 1. The number of benzene rings is 1. The van der Waals surface area contributed by atoms with E-state index >= 15 is 0 Å². The van der Waals surface area contributed by atoms with Gasteiger partial charge in [0.1, 0.15) is 17.8 Å². The van der Waals surface area contributed by atoms with E-state index in [9.17, 15) is 14.4 Å². The van der Waals surface area contributed by atoms with Crippen molar-refractivity contribution in [2.24, 2.45) is 0 Å². The maximum atomic E-state index is 13.0. The standard InChI is InChI=1S/C18H24N4O4.ClH/c1-18(2)16(24)20-17(25)22(18)11-15(23)21-9-8-19-10-13(21)12-6-4-5-7-14(12)26-3;/h4-7,13,19H,8-11H2,1-3H3,(H,20,24,25);1H. The van der Waals surface area contributed by atoms with Gasteiger partial charge in [-0.3, -0.25) is 14.9 Å². The number of nitrogens with one attached hydrogen (secondary N) is 2. The molecule has 9 heteroatoms. The van der Waals surface area contributed by atoms with Crippen molar-refractivity contribution in [3.8, 4) is 5.75 Å². The fraction of sp³-hybridized carbons (Fsp3) is 0.500. The Hall–Kier alpha value is -2.32. The van der Waals surface area contributed by atoms with Gasteiger partial charge in [0, 0.05) is 25.2 Å². The molecule has 0 spiro atoms. The number of carbonyl (C=O) groups excluding carboxylic acids is 3. The molecule has 4 amide bonds. The van der Waals surface area contributed by atoms with E-state index in [0.29, 0.717) is 25.4 Å². The van der Waals surface area contributed by atoms with Gasteiger partial charge in [0.2, 0.25) is 5.91 Å². The highest BCUT2D eigenvalue weighted by atomic mass is 35.5. The number of nitrogens with zero attached hydrogens (tertiary/aromatic N) is 2. The lowest BCUT2D eigenvalue weighted by Crippen LogP contribution is -2.54. The molecule has 0 saturated carbocycles. The Labute approximate surface area is 164 Å². The van der Waals surface area contributed by atoms with Gasteiger partial charge in [-0.25, -0.2) is 4.79 Å². The number of para-hydroxylation sites is 1. The van der Waals surface area contributed by atoms with E-state index in [2.05, 4.69) is 10.6 Å². The van der Waals surface area contributed by atoms with E-state index in [4.69, 9.17) is 4.74 Å². The van der Waals surface area contributed by atoms with Gasteiger partial charge >= 0.3 is 6.03 Å². The number of urea groups is 1. The third kappa shape index (κ3) is 3.86. The molecule has 0 radical (unpaired) electrons. The number of ether oxygens (including phenoxy) is 1. The first-order valence-electron chi connectivity index (χ1n) is 8.62. The van der Waals surface area contributed by atoms with Crippen molar-refractivity contribution in [3.63, 3.8) is 0 Å². The second-order valence-corrected chi connectivity index (χ2v) is 6.95. The molecule has 2 saturated heterocycles. The zero-order valence-corrected chi connectivity index (χ0v) is 16.5. The predicted octanol–water partition coefficient (Wildman–Crippen LogP) is 0.920. The van der Waals surface area contributed by atoms with Crippen LogP contribution in [0.4, 0.5) is 4.79 Å². The number of hydrogen-bond donors (Lipinski definition) is 2. The van der Waals surface area contributed by atoms with Crippen LogP contribution < -0.4 is 15.4 Å². The average molecular weight is 397 g/mol. The Morgan fingerprint density at radius 3 is 2.63 bits per heavy atom. The number of methoxy groups -OCH3 is 1. The van der Waals surface area contributed by atoms with Crippen molar-refractivity contribution in [2.45, 2.75) is 25.4 Å². The highest BCUT2D eigenvalue weighted by Gasteiger charge is 2.47.